The maximum atomic E-state index is 13.3. The van der Waals surface area contributed by atoms with Gasteiger partial charge in [-0.2, -0.15) is 0 Å². The molecule has 4 heteroatoms. The molecule has 1 aliphatic carbocycles. The summed E-state index contributed by atoms with van der Waals surface area (Å²) in [5.74, 6) is 0.881. The first-order chi connectivity index (χ1) is 7.70. The van der Waals surface area contributed by atoms with Crippen molar-refractivity contribution in [3.8, 4) is 0 Å². The van der Waals surface area contributed by atoms with Crippen LogP contribution in [0.1, 0.15) is 30.1 Å². The summed E-state index contributed by atoms with van der Waals surface area (Å²) in [6, 6.07) is 2.75. The fourth-order valence-corrected chi connectivity index (χ4v) is 2.41. The molecule has 1 aromatic heterocycles. The average molecular weight is 240 g/mol. The van der Waals surface area contributed by atoms with Gasteiger partial charge >= 0.3 is 0 Å². The van der Waals surface area contributed by atoms with E-state index in [0.29, 0.717) is 23.1 Å². The molecule has 3 rings (SSSR count). The van der Waals surface area contributed by atoms with Gasteiger partial charge in [0.15, 0.2) is 5.58 Å². The highest BCUT2D eigenvalue weighted by molar-refractivity contribution is 6.35. The minimum absolute atomic E-state index is 0.316. The lowest BCUT2D eigenvalue weighted by Crippen LogP contribution is -1.97. The van der Waals surface area contributed by atoms with E-state index < -0.39 is 0 Å². The maximum absolute atomic E-state index is 13.3. The van der Waals surface area contributed by atoms with E-state index in [9.17, 15) is 4.39 Å². The second kappa shape index (κ2) is 3.47. The van der Waals surface area contributed by atoms with E-state index >= 15 is 0 Å². The standard InChI is InChI=1S/C12H11ClFNO/c13-9-4-7(14)3-8-11(6-1-2-6)10(5-15)16-12(8)9/h3-4,6H,1-2,5,15H2. The topological polar surface area (TPSA) is 39.2 Å². The van der Waals surface area contributed by atoms with Gasteiger partial charge in [0, 0.05) is 10.9 Å². The van der Waals surface area contributed by atoms with Crippen LogP contribution in [0.4, 0.5) is 4.39 Å². The molecule has 0 bridgehead atoms. The molecule has 1 aromatic carbocycles. The van der Waals surface area contributed by atoms with Crippen molar-refractivity contribution in [1.29, 1.82) is 0 Å². The molecule has 2 aromatic rings. The van der Waals surface area contributed by atoms with Crippen LogP contribution in [0.25, 0.3) is 11.0 Å². The Labute approximate surface area is 97.2 Å². The number of fused-ring (bicyclic) bond motifs is 1. The van der Waals surface area contributed by atoms with Crippen molar-refractivity contribution in [3.63, 3.8) is 0 Å². The number of furan rings is 1. The molecule has 1 fully saturated rings. The summed E-state index contributed by atoms with van der Waals surface area (Å²) in [6.07, 6.45) is 2.24. The Morgan fingerprint density at radius 3 is 2.81 bits per heavy atom. The van der Waals surface area contributed by atoms with Gasteiger partial charge in [-0.3, -0.25) is 0 Å². The molecule has 0 aliphatic heterocycles. The third-order valence-corrected chi connectivity index (χ3v) is 3.28. The van der Waals surface area contributed by atoms with Crippen molar-refractivity contribution in [3.05, 3.63) is 34.3 Å². The van der Waals surface area contributed by atoms with Crippen LogP contribution in [0.5, 0.6) is 0 Å². The first kappa shape index (κ1) is 10.1. The van der Waals surface area contributed by atoms with Gasteiger partial charge in [0.2, 0.25) is 0 Å². The molecule has 84 valence electrons. The zero-order chi connectivity index (χ0) is 11.3. The van der Waals surface area contributed by atoms with Crippen molar-refractivity contribution < 1.29 is 8.81 Å². The first-order valence-electron chi connectivity index (χ1n) is 5.31. The largest absolute Gasteiger partial charge is 0.458 e. The van der Waals surface area contributed by atoms with Gasteiger partial charge in [-0.1, -0.05) is 11.6 Å². The molecule has 0 atom stereocenters. The summed E-state index contributed by atoms with van der Waals surface area (Å²) in [5.41, 5.74) is 7.25. The van der Waals surface area contributed by atoms with Crippen LogP contribution in [-0.4, -0.2) is 0 Å². The monoisotopic (exact) mass is 239 g/mol. The van der Waals surface area contributed by atoms with Crippen LogP contribution in [0.15, 0.2) is 16.5 Å². The Balaban J connectivity index is 2.35. The van der Waals surface area contributed by atoms with Crippen molar-refractivity contribution in [2.24, 2.45) is 5.73 Å². The number of hydrogen-bond acceptors (Lipinski definition) is 2. The summed E-state index contributed by atoms with van der Waals surface area (Å²) in [6.45, 7) is 0.332. The quantitative estimate of drug-likeness (QED) is 0.870. The number of rotatable bonds is 2. The average Bonchev–Trinajstić information content (AvgIpc) is 3.00. The molecule has 1 heterocycles. The Morgan fingerprint density at radius 1 is 1.44 bits per heavy atom. The second-order valence-electron chi connectivity index (χ2n) is 4.18. The van der Waals surface area contributed by atoms with E-state index in [1.165, 1.54) is 12.1 Å². The maximum Gasteiger partial charge on any atom is 0.153 e. The molecular weight excluding hydrogens is 229 g/mol. The van der Waals surface area contributed by atoms with E-state index in [0.717, 1.165) is 29.6 Å². The van der Waals surface area contributed by atoms with Gasteiger partial charge in [-0.05, 0) is 30.9 Å². The summed E-state index contributed by atoms with van der Waals surface area (Å²) >= 11 is 5.96. The Bertz CT molecular complexity index is 560. The van der Waals surface area contributed by atoms with Gasteiger partial charge in [-0.15, -0.1) is 0 Å². The zero-order valence-corrected chi connectivity index (χ0v) is 9.35. The number of nitrogens with two attached hydrogens (primary N) is 1. The molecule has 0 radical (unpaired) electrons. The zero-order valence-electron chi connectivity index (χ0n) is 8.59. The molecule has 0 unspecified atom stereocenters. The molecule has 0 amide bonds. The Hall–Kier alpha value is -1.06. The van der Waals surface area contributed by atoms with Gasteiger partial charge in [0.1, 0.15) is 11.6 Å². The number of halogens is 2. The summed E-state index contributed by atoms with van der Waals surface area (Å²) in [5, 5.41) is 1.10. The van der Waals surface area contributed by atoms with E-state index in [2.05, 4.69) is 0 Å². The van der Waals surface area contributed by atoms with E-state index in [4.69, 9.17) is 21.8 Å². The highest BCUT2D eigenvalue weighted by Crippen LogP contribution is 2.47. The smallest absolute Gasteiger partial charge is 0.153 e. The van der Waals surface area contributed by atoms with Crippen molar-refractivity contribution in [2.75, 3.05) is 0 Å². The predicted molar refractivity (Wildman–Crippen MR) is 61.0 cm³/mol. The lowest BCUT2D eigenvalue weighted by atomic mass is 10.1. The fourth-order valence-electron chi connectivity index (χ4n) is 2.16. The van der Waals surface area contributed by atoms with Gasteiger partial charge in [0.05, 0.1) is 11.6 Å². The molecule has 0 spiro atoms. The summed E-state index contributed by atoms with van der Waals surface area (Å²) < 4.78 is 18.9. The fraction of sp³-hybridized carbons (Fsp3) is 0.333. The van der Waals surface area contributed by atoms with E-state index in [-0.39, 0.29) is 5.82 Å². The Kier molecular flexibility index (Phi) is 2.19. The van der Waals surface area contributed by atoms with E-state index in [1.807, 2.05) is 0 Å². The lowest BCUT2D eigenvalue weighted by molar-refractivity contribution is 0.545. The van der Waals surface area contributed by atoms with Crippen LogP contribution in [0.2, 0.25) is 5.02 Å². The first-order valence-corrected chi connectivity index (χ1v) is 5.69. The molecular formula is C12H11ClFNO. The Morgan fingerprint density at radius 2 is 2.19 bits per heavy atom. The van der Waals surface area contributed by atoms with Crippen LogP contribution in [0, 0.1) is 5.82 Å². The minimum atomic E-state index is -0.330. The third-order valence-electron chi connectivity index (χ3n) is 3.00. The summed E-state index contributed by atoms with van der Waals surface area (Å²) in [7, 11) is 0. The van der Waals surface area contributed by atoms with E-state index in [1.54, 1.807) is 0 Å². The second-order valence-corrected chi connectivity index (χ2v) is 4.59. The normalized spacial score (nSPS) is 15.9. The number of benzene rings is 1. The van der Waals surface area contributed by atoms with Gasteiger partial charge < -0.3 is 10.2 Å². The van der Waals surface area contributed by atoms with Crippen LogP contribution in [0.3, 0.4) is 0 Å². The van der Waals surface area contributed by atoms with Crippen molar-refractivity contribution in [1.82, 2.24) is 0 Å². The van der Waals surface area contributed by atoms with Crippen LogP contribution in [-0.2, 0) is 6.54 Å². The van der Waals surface area contributed by atoms with Gasteiger partial charge in [0.25, 0.3) is 0 Å². The predicted octanol–water partition coefficient (Wildman–Crippen LogP) is 3.56. The van der Waals surface area contributed by atoms with Crippen molar-refractivity contribution >= 4 is 22.6 Å². The van der Waals surface area contributed by atoms with Crippen LogP contribution < -0.4 is 5.73 Å². The van der Waals surface area contributed by atoms with Crippen molar-refractivity contribution in [2.45, 2.75) is 25.3 Å². The van der Waals surface area contributed by atoms with Gasteiger partial charge in [-0.25, -0.2) is 4.39 Å². The molecule has 2 N–H and O–H groups in total. The van der Waals surface area contributed by atoms with Crippen LogP contribution >= 0.6 is 11.6 Å². The minimum Gasteiger partial charge on any atom is -0.458 e. The number of hydrogen-bond donors (Lipinski definition) is 1. The molecule has 16 heavy (non-hydrogen) atoms. The molecule has 2 nitrogen and oxygen atoms in total. The third kappa shape index (κ3) is 1.43. The lowest BCUT2D eigenvalue weighted by Gasteiger charge is -1.97. The summed E-state index contributed by atoms with van der Waals surface area (Å²) in [4.78, 5) is 0. The SMILES string of the molecule is NCc1oc2c(Cl)cc(F)cc2c1C1CC1. The molecule has 1 aliphatic rings. The highest BCUT2D eigenvalue weighted by Gasteiger charge is 2.31. The molecule has 0 saturated heterocycles. The molecule has 1 saturated carbocycles. The highest BCUT2D eigenvalue weighted by atomic mass is 35.5.